The summed E-state index contributed by atoms with van der Waals surface area (Å²) in [6.07, 6.45) is 3.00. The number of halogens is 3. The van der Waals surface area contributed by atoms with E-state index in [1.807, 2.05) is 24.3 Å². The quantitative estimate of drug-likeness (QED) is 0.673. The summed E-state index contributed by atoms with van der Waals surface area (Å²) in [6, 6.07) is 9.69. The van der Waals surface area contributed by atoms with E-state index in [0.717, 1.165) is 22.2 Å². The van der Waals surface area contributed by atoms with Gasteiger partial charge in [-0.15, -0.1) is 0 Å². The van der Waals surface area contributed by atoms with Gasteiger partial charge >= 0.3 is 0 Å². The molecule has 0 aliphatic rings. The molecular weight excluding hydrogens is 416 g/mol. The Morgan fingerprint density at radius 2 is 1.84 bits per heavy atom. The summed E-state index contributed by atoms with van der Waals surface area (Å²) in [5.41, 5.74) is 0.915. The van der Waals surface area contributed by atoms with Crippen LogP contribution in [0.3, 0.4) is 0 Å². The molecule has 0 bridgehead atoms. The van der Waals surface area contributed by atoms with Crippen molar-refractivity contribution in [2.45, 2.75) is 11.4 Å². The van der Waals surface area contributed by atoms with E-state index in [9.17, 15) is 17.2 Å². The minimum atomic E-state index is -4.31. The largest absolute Gasteiger partial charge is 0.312 e. The van der Waals surface area contributed by atoms with E-state index >= 15 is 0 Å². The van der Waals surface area contributed by atoms with E-state index in [1.54, 1.807) is 10.8 Å². The number of anilines is 1. The molecule has 0 fully saturated rings. The number of aromatic nitrogens is 2. The molecule has 0 aliphatic heterocycles. The van der Waals surface area contributed by atoms with Gasteiger partial charge in [0.15, 0.2) is 0 Å². The van der Waals surface area contributed by atoms with Crippen molar-refractivity contribution in [2.75, 3.05) is 4.72 Å². The first-order valence-corrected chi connectivity index (χ1v) is 9.36. The van der Waals surface area contributed by atoms with Crippen LogP contribution in [-0.2, 0) is 16.6 Å². The van der Waals surface area contributed by atoms with Gasteiger partial charge in [-0.1, -0.05) is 28.1 Å². The zero-order chi connectivity index (χ0) is 18.0. The molecule has 0 atom stereocenters. The third-order valence-corrected chi connectivity index (χ3v) is 5.26. The molecule has 0 radical (unpaired) electrons. The number of rotatable bonds is 5. The van der Waals surface area contributed by atoms with Crippen molar-refractivity contribution in [3.05, 3.63) is 76.5 Å². The Hall–Kier alpha value is -2.26. The number of benzene rings is 2. The lowest BCUT2D eigenvalue weighted by Gasteiger charge is -2.11. The standard InChI is InChI=1S/C16H12BrF2N3O2S/c17-12-3-1-11(2-4-12)10-22-8-7-20-16(22)21-25(23,24)15-9-13(18)5-6-14(15)19/h1-9H,10H2,(H,20,21). The predicted molar refractivity (Wildman–Crippen MR) is 92.6 cm³/mol. The summed E-state index contributed by atoms with van der Waals surface area (Å²) in [5.74, 6) is -1.88. The second-order valence-electron chi connectivity index (χ2n) is 5.19. The highest BCUT2D eigenvalue weighted by Crippen LogP contribution is 2.20. The fraction of sp³-hybridized carbons (Fsp3) is 0.0625. The van der Waals surface area contributed by atoms with E-state index in [4.69, 9.17) is 0 Å². The van der Waals surface area contributed by atoms with Crippen LogP contribution in [0.5, 0.6) is 0 Å². The van der Waals surface area contributed by atoms with Crippen LogP contribution in [0.25, 0.3) is 0 Å². The summed E-state index contributed by atoms with van der Waals surface area (Å²) in [7, 11) is -4.31. The normalized spacial score (nSPS) is 11.5. The van der Waals surface area contributed by atoms with Crippen LogP contribution in [0.4, 0.5) is 14.7 Å². The molecule has 9 heteroatoms. The lowest BCUT2D eigenvalue weighted by Crippen LogP contribution is -2.18. The first-order chi connectivity index (χ1) is 11.8. The van der Waals surface area contributed by atoms with Gasteiger partial charge < -0.3 is 4.57 Å². The molecule has 1 heterocycles. The van der Waals surface area contributed by atoms with Gasteiger partial charge in [-0.3, -0.25) is 0 Å². The molecule has 1 N–H and O–H groups in total. The van der Waals surface area contributed by atoms with Crippen LogP contribution in [0.1, 0.15) is 5.56 Å². The van der Waals surface area contributed by atoms with Gasteiger partial charge in [-0.2, -0.15) is 0 Å². The van der Waals surface area contributed by atoms with Crippen molar-refractivity contribution >= 4 is 31.9 Å². The highest BCUT2D eigenvalue weighted by Gasteiger charge is 2.22. The summed E-state index contributed by atoms with van der Waals surface area (Å²) in [6.45, 7) is 0.358. The van der Waals surface area contributed by atoms with Gasteiger partial charge in [-0.25, -0.2) is 26.9 Å². The highest BCUT2D eigenvalue weighted by molar-refractivity contribution is 9.10. The predicted octanol–water partition coefficient (Wildman–Crippen LogP) is 3.77. The van der Waals surface area contributed by atoms with E-state index in [-0.39, 0.29) is 5.95 Å². The SMILES string of the molecule is O=S(=O)(Nc1nccn1Cc1ccc(Br)cc1)c1cc(F)ccc1F. The minimum absolute atomic E-state index is 0.00609. The molecule has 0 amide bonds. The number of sulfonamides is 1. The number of nitrogens with one attached hydrogen (secondary N) is 1. The molecule has 3 aromatic rings. The van der Waals surface area contributed by atoms with E-state index < -0.39 is 26.6 Å². The number of nitrogens with zero attached hydrogens (tertiary/aromatic N) is 2. The smallest absolute Gasteiger partial charge is 0.267 e. The molecule has 0 spiro atoms. The van der Waals surface area contributed by atoms with E-state index in [2.05, 4.69) is 25.6 Å². The van der Waals surface area contributed by atoms with Crippen molar-refractivity contribution in [1.82, 2.24) is 9.55 Å². The molecule has 130 valence electrons. The van der Waals surface area contributed by atoms with Crippen LogP contribution in [0.2, 0.25) is 0 Å². The average molecular weight is 428 g/mol. The van der Waals surface area contributed by atoms with Crippen molar-refractivity contribution < 1.29 is 17.2 Å². The summed E-state index contributed by atoms with van der Waals surface area (Å²) < 4.78 is 56.4. The molecule has 5 nitrogen and oxygen atoms in total. The third kappa shape index (κ3) is 4.05. The third-order valence-electron chi connectivity index (χ3n) is 3.39. The maximum atomic E-state index is 13.8. The number of hydrogen-bond acceptors (Lipinski definition) is 3. The van der Waals surface area contributed by atoms with Crippen LogP contribution >= 0.6 is 15.9 Å². The Balaban J connectivity index is 1.87. The van der Waals surface area contributed by atoms with E-state index in [1.165, 1.54) is 6.20 Å². The zero-order valence-electron chi connectivity index (χ0n) is 12.7. The van der Waals surface area contributed by atoms with Crippen LogP contribution in [0, 0.1) is 11.6 Å². The fourth-order valence-corrected chi connectivity index (χ4v) is 3.56. The number of imidazole rings is 1. The Kier molecular flexibility index (Phi) is 4.87. The molecule has 3 rings (SSSR count). The zero-order valence-corrected chi connectivity index (χ0v) is 15.1. The number of hydrogen-bond donors (Lipinski definition) is 1. The molecule has 25 heavy (non-hydrogen) atoms. The summed E-state index contributed by atoms with van der Waals surface area (Å²) >= 11 is 3.34. The van der Waals surface area contributed by atoms with Crippen molar-refractivity contribution in [3.8, 4) is 0 Å². The second kappa shape index (κ2) is 6.93. The van der Waals surface area contributed by atoms with Crippen molar-refractivity contribution in [2.24, 2.45) is 0 Å². The van der Waals surface area contributed by atoms with E-state index in [0.29, 0.717) is 12.6 Å². The monoisotopic (exact) mass is 427 g/mol. The molecule has 0 saturated heterocycles. The Morgan fingerprint density at radius 1 is 1.12 bits per heavy atom. The average Bonchev–Trinajstić information content (AvgIpc) is 2.98. The summed E-state index contributed by atoms with van der Waals surface area (Å²) in [5, 5.41) is 0. The maximum absolute atomic E-state index is 13.8. The Bertz CT molecular complexity index is 1000. The van der Waals surface area contributed by atoms with Gasteiger partial charge in [0.1, 0.15) is 16.5 Å². The minimum Gasteiger partial charge on any atom is -0.312 e. The Morgan fingerprint density at radius 3 is 2.56 bits per heavy atom. The first-order valence-electron chi connectivity index (χ1n) is 7.08. The summed E-state index contributed by atoms with van der Waals surface area (Å²) in [4.78, 5) is 3.17. The molecule has 2 aromatic carbocycles. The van der Waals surface area contributed by atoms with Gasteiger partial charge in [0.2, 0.25) is 5.95 Å². The lowest BCUT2D eigenvalue weighted by atomic mass is 10.2. The molecular formula is C16H12BrF2N3O2S. The van der Waals surface area contributed by atoms with Crippen LogP contribution in [-0.4, -0.2) is 18.0 Å². The highest BCUT2D eigenvalue weighted by atomic mass is 79.9. The topological polar surface area (TPSA) is 64.0 Å². The first kappa shape index (κ1) is 17.6. The van der Waals surface area contributed by atoms with Gasteiger partial charge in [0.25, 0.3) is 10.0 Å². The van der Waals surface area contributed by atoms with Crippen LogP contribution < -0.4 is 4.72 Å². The molecule has 0 saturated carbocycles. The molecule has 0 unspecified atom stereocenters. The van der Waals surface area contributed by atoms with Gasteiger partial charge in [0, 0.05) is 16.9 Å². The molecule has 0 aliphatic carbocycles. The Labute approximate surface area is 151 Å². The van der Waals surface area contributed by atoms with Crippen molar-refractivity contribution in [1.29, 1.82) is 0 Å². The van der Waals surface area contributed by atoms with Crippen molar-refractivity contribution in [3.63, 3.8) is 0 Å². The molecule has 1 aromatic heterocycles. The maximum Gasteiger partial charge on any atom is 0.267 e. The fourth-order valence-electron chi connectivity index (χ4n) is 2.19. The lowest BCUT2D eigenvalue weighted by molar-refractivity contribution is 0.555. The second-order valence-corrected chi connectivity index (χ2v) is 7.75. The van der Waals surface area contributed by atoms with Gasteiger partial charge in [0.05, 0.1) is 6.54 Å². The van der Waals surface area contributed by atoms with Gasteiger partial charge in [-0.05, 0) is 35.9 Å². The van der Waals surface area contributed by atoms with Crippen LogP contribution in [0.15, 0.2) is 64.2 Å².